The standard InChI is InChI=1S/C18H27NO4/c1-5-12(2)16(18(21)22)19-15(20)10-7-11-23-17-13(3)8-6-9-14(17)4/h6,8-9,12,16H,5,7,10-11H2,1-4H3,(H,19,20)(H,21,22). The predicted molar refractivity (Wildman–Crippen MR) is 89.7 cm³/mol. The van der Waals surface area contributed by atoms with Crippen molar-refractivity contribution in [3.8, 4) is 5.75 Å². The van der Waals surface area contributed by atoms with Crippen molar-refractivity contribution >= 4 is 11.9 Å². The van der Waals surface area contributed by atoms with Crippen LogP contribution in [0.15, 0.2) is 18.2 Å². The number of carboxylic acids is 1. The monoisotopic (exact) mass is 321 g/mol. The molecule has 5 heteroatoms. The number of amides is 1. The molecule has 0 saturated heterocycles. The maximum absolute atomic E-state index is 11.9. The van der Waals surface area contributed by atoms with Gasteiger partial charge in [0.2, 0.25) is 5.91 Å². The SMILES string of the molecule is CCC(C)C(NC(=O)CCCOc1c(C)cccc1C)C(=O)O. The number of hydrogen-bond acceptors (Lipinski definition) is 3. The third-order valence-corrected chi connectivity index (χ3v) is 4.00. The summed E-state index contributed by atoms with van der Waals surface area (Å²) in [5.74, 6) is -0.472. The number of aryl methyl sites for hydroxylation is 2. The van der Waals surface area contributed by atoms with Gasteiger partial charge in [-0.25, -0.2) is 4.79 Å². The van der Waals surface area contributed by atoms with Crippen molar-refractivity contribution in [2.45, 2.75) is 53.0 Å². The van der Waals surface area contributed by atoms with E-state index in [1.54, 1.807) is 0 Å². The van der Waals surface area contributed by atoms with Crippen LogP contribution in [0.25, 0.3) is 0 Å². The summed E-state index contributed by atoms with van der Waals surface area (Å²) in [6.45, 7) is 8.13. The number of aliphatic carboxylic acids is 1. The molecule has 0 saturated carbocycles. The summed E-state index contributed by atoms with van der Waals surface area (Å²) in [6.07, 6.45) is 1.50. The first kappa shape index (κ1) is 19.0. The molecule has 1 aromatic rings. The minimum atomic E-state index is -0.987. The second-order valence-electron chi connectivity index (χ2n) is 5.94. The highest BCUT2D eigenvalue weighted by Crippen LogP contribution is 2.22. The third kappa shape index (κ3) is 5.93. The quantitative estimate of drug-likeness (QED) is 0.685. The van der Waals surface area contributed by atoms with Crippen molar-refractivity contribution in [3.05, 3.63) is 29.3 Å². The molecule has 0 aliphatic carbocycles. The van der Waals surface area contributed by atoms with Crippen LogP contribution in [0.2, 0.25) is 0 Å². The molecule has 0 aromatic heterocycles. The zero-order valence-corrected chi connectivity index (χ0v) is 14.4. The minimum absolute atomic E-state index is 0.0951. The Morgan fingerprint density at radius 3 is 2.39 bits per heavy atom. The highest BCUT2D eigenvalue weighted by atomic mass is 16.5. The van der Waals surface area contributed by atoms with Crippen LogP contribution in [-0.4, -0.2) is 29.6 Å². The van der Waals surface area contributed by atoms with Gasteiger partial charge < -0.3 is 15.2 Å². The van der Waals surface area contributed by atoms with Crippen molar-refractivity contribution in [1.29, 1.82) is 0 Å². The molecule has 0 aliphatic heterocycles. The number of carboxylic acid groups (broad SMARTS) is 1. The molecule has 0 fully saturated rings. The lowest BCUT2D eigenvalue weighted by molar-refractivity contribution is -0.143. The van der Waals surface area contributed by atoms with Gasteiger partial charge in [-0.1, -0.05) is 38.5 Å². The molecule has 0 heterocycles. The van der Waals surface area contributed by atoms with Crippen LogP contribution in [0.1, 0.15) is 44.2 Å². The van der Waals surface area contributed by atoms with E-state index in [0.717, 1.165) is 16.9 Å². The van der Waals surface area contributed by atoms with Gasteiger partial charge in [0.1, 0.15) is 11.8 Å². The fraction of sp³-hybridized carbons (Fsp3) is 0.556. The van der Waals surface area contributed by atoms with Crippen LogP contribution < -0.4 is 10.1 Å². The number of hydrogen-bond donors (Lipinski definition) is 2. The van der Waals surface area contributed by atoms with Crippen molar-refractivity contribution in [1.82, 2.24) is 5.32 Å². The van der Waals surface area contributed by atoms with Gasteiger partial charge in [0, 0.05) is 6.42 Å². The van der Waals surface area contributed by atoms with Crippen LogP contribution in [0.4, 0.5) is 0 Å². The van der Waals surface area contributed by atoms with Crippen molar-refractivity contribution in [2.75, 3.05) is 6.61 Å². The Kier molecular flexibility index (Phi) is 7.59. The second kappa shape index (κ2) is 9.18. The Hall–Kier alpha value is -2.04. The number of carbonyl (C=O) groups is 2. The number of carbonyl (C=O) groups excluding carboxylic acids is 1. The highest BCUT2D eigenvalue weighted by Gasteiger charge is 2.24. The van der Waals surface area contributed by atoms with Gasteiger partial charge in [-0.2, -0.15) is 0 Å². The molecule has 1 amide bonds. The molecular formula is C18H27NO4. The van der Waals surface area contributed by atoms with E-state index in [2.05, 4.69) is 5.32 Å². The topological polar surface area (TPSA) is 75.6 Å². The van der Waals surface area contributed by atoms with E-state index in [1.807, 2.05) is 45.9 Å². The molecule has 2 N–H and O–H groups in total. The Bertz CT molecular complexity index is 522. The van der Waals surface area contributed by atoms with Crippen molar-refractivity contribution in [3.63, 3.8) is 0 Å². The van der Waals surface area contributed by atoms with Crippen molar-refractivity contribution in [2.24, 2.45) is 5.92 Å². The summed E-state index contributed by atoms with van der Waals surface area (Å²) >= 11 is 0. The number of para-hydroxylation sites is 1. The average Bonchev–Trinajstić information content (AvgIpc) is 2.50. The first-order valence-corrected chi connectivity index (χ1v) is 8.08. The number of rotatable bonds is 9. The van der Waals surface area contributed by atoms with Crippen LogP contribution >= 0.6 is 0 Å². The Balaban J connectivity index is 2.40. The Morgan fingerprint density at radius 2 is 1.87 bits per heavy atom. The summed E-state index contributed by atoms with van der Waals surface area (Å²) in [5.41, 5.74) is 2.13. The van der Waals surface area contributed by atoms with Gasteiger partial charge in [0.25, 0.3) is 0 Å². The molecule has 5 nitrogen and oxygen atoms in total. The van der Waals surface area contributed by atoms with Crippen LogP contribution in [-0.2, 0) is 9.59 Å². The predicted octanol–water partition coefficient (Wildman–Crippen LogP) is 3.08. The van der Waals surface area contributed by atoms with E-state index < -0.39 is 12.0 Å². The van der Waals surface area contributed by atoms with E-state index in [9.17, 15) is 9.59 Å². The molecule has 0 radical (unpaired) electrons. The van der Waals surface area contributed by atoms with Gasteiger partial charge >= 0.3 is 5.97 Å². The summed E-state index contributed by atoms with van der Waals surface area (Å²) in [5, 5.41) is 11.8. The Morgan fingerprint density at radius 1 is 1.26 bits per heavy atom. The molecule has 23 heavy (non-hydrogen) atoms. The van der Waals surface area contributed by atoms with Gasteiger partial charge in [0.15, 0.2) is 0 Å². The summed E-state index contributed by atoms with van der Waals surface area (Å²) in [6, 6.07) is 5.12. The van der Waals surface area contributed by atoms with Crippen LogP contribution in [0.5, 0.6) is 5.75 Å². The molecular weight excluding hydrogens is 294 g/mol. The summed E-state index contributed by atoms with van der Waals surface area (Å²) in [7, 11) is 0. The maximum atomic E-state index is 11.9. The second-order valence-corrected chi connectivity index (χ2v) is 5.94. The minimum Gasteiger partial charge on any atom is -0.493 e. The lowest BCUT2D eigenvalue weighted by atomic mass is 9.99. The largest absolute Gasteiger partial charge is 0.493 e. The number of benzene rings is 1. The highest BCUT2D eigenvalue weighted by molar-refractivity contribution is 5.83. The van der Waals surface area contributed by atoms with Crippen LogP contribution in [0.3, 0.4) is 0 Å². The fourth-order valence-electron chi connectivity index (χ4n) is 2.36. The molecule has 0 spiro atoms. The summed E-state index contributed by atoms with van der Waals surface area (Å²) < 4.78 is 5.74. The van der Waals surface area contributed by atoms with E-state index in [-0.39, 0.29) is 18.2 Å². The molecule has 2 unspecified atom stereocenters. The molecule has 1 aromatic carbocycles. The number of ether oxygens (including phenoxy) is 1. The lowest BCUT2D eigenvalue weighted by Crippen LogP contribution is -2.45. The van der Waals surface area contributed by atoms with E-state index in [4.69, 9.17) is 9.84 Å². The van der Waals surface area contributed by atoms with Crippen LogP contribution in [0, 0.1) is 19.8 Å². The molecule has 2 atom stereocenters. The zero-order valence-electron chi connectivity index (χ0n) is 14.4. The normalized spacial score (nSPS) is 13.2. The van der Waals surface area contributed by atoms with Gasteiger partial charge in [-0.15, -0.1) is 0 Å². The first-order chi connectivity index (χ1) is 10.9. The maximum Gasteiger partial charge on any atom is 0.326 e. The smallest absolute Gasteiger partial charge is 0.326 e. The van der Waals surface area contributed by atoms with E-state index in [1.165, 1.54) is 0 Å². The molecule has 1 rings (SSSR count). The molecule has 0 aliphatic rings. The average molecular weight is 321 g/mol. The van der Waals surface area contributed by atoms with Crippen molar-refractivity contribution < 1.29 is 19.4 Å². The first-order valence-electron chi connectivity index (χ1n) is 8.08. The van der Waals surface area contributed by atoms with E-state index in [0.29, 0.717) is 19.4 Å². The number of nitrogens with one attached hydrogen (secondary N) is 1. The Labute approximate surface area is 138 Å². The van der Waals surface area contributed by atoms with Gasteiger partial charge in [-0.05, 0) is 37.3 Å². The molecule has 128 valence electrons. The zero-order chi connectivity index (χ0) is 17.4. The lowest BCUT2D eigenvalue weighted by Gasteiger charge is -2.20. The fourth-order valence-corrected chi connectivity index (χ4v) is 2.36. The third-order valence-electron chi connectivity index (χ3n) is 4.00. The van der Waals surface area contributed by atoms with Gasteiger partial charge in [0.05, 0.1) is 6.61 Å². The summed E-state index contributed by atoms with van der Waals surface area (Å²) in [4.78, 5) is 23.1. The van der Waals surface area contributed by atoms with E-state index >= 15 is 0 Å². The van der Waals surface area contributed by atoms with Gasteiger partial charge in [-0.3, -0.25) is 4.79 Å². The molecule has 0 bridgehead atoms.